The molecular weight excluding hydrogens is 306 g/mol. The Labute approximate surface area is 131 Å². The maximum absolute atomic E-state index is 12.5. The lowest BCUT2D eigenvalue weighted by Gasteiger charge is -2.17. The fourth-order valence-corrected chi connectivity index (χ4v) is 4.73. The minimum absolute atomic E-state index is 0.0680. The first-order valence-corrected chi connectivity index (χ1v) is 9.71. The minimum Gasteiger partial charge on any atom is -0.309 e. The molecule has 7 heteroatoms. The molecule has 1 unspecified atom stereocenters. The standard InChI is InChI=1S/C14H25N3O2S2/c1-11(6-8-17(2)3)16-21(18,19)14-7-9-20-13(14)10-15-12-4-5-12/h7,9,11-12,15-16H,4-6,8,10H2,1-3H3. The van der Waals surface area contributed by atoms with Crippen LogP contribution in [0.25, 0.3) is 0 Å². The van der Waals surface area contributed by atoms with Crippen LogP contribution >= 0.6 is 11.3 Å². The molecule has 1 heterocycles. The summed E-state index contributed by atoms with van der Waals surface area (Å²) < 4.78 is 27.7. The number of nitrogens with zero attached hydrogens (tertiary/aromatic N) is 1. The van der Waals surface area contributed by atoms with E-state index < -0.39 is 10.0 Å². The van der Waals surface area contributed by atoms with Gasteiger partial charge in [0, 0.05) is 23.5 Å². The van der Waals surface area contributed by atoms with Gasteiger partial charge in [0.05, 0.1) is 4.90 Å². The van der Waals surface area contributed by atoms with Crippen molar-refractivity contribution in [1.29, 1.82) is 0 Å². The zero-order valence-electron chi connectivity index (χ0n) is 12.9. The maximum Gasteiger partial charge on any atom is 0.241 e. The molecule has 0 spiro atoms. The summed E-state index contributed by atoms with van der Waals surface area (Å²) in [6.45, 7) is 3.42. The van der Waals surface area contributed by atoms with Crippen molar-refractivity contribution in [2.75, 3.05) is 20.6 Å². The fraction of sp³-hybridized carbons (Fsp3) is 0.714. The minimum atomic E-state index is -3.42. The van der Waals surface area contributed by atoms with Gasteiger partial charge in [-0.05, 0) is 58.3 Å². The van der Waals surface area contributed by atoms with Gasteiger partial charge in [0.25, 0.3) is 0 Å². The van der Waals surface area contributed by atoms with Crippen LogP contribution < -0.4 is 10.0 Å². The van der Waals surface area contributed by atoms with Crippen LogP contribution in [0.2, 0.25) is 0 Å². The highest BCUT2D eigenvalue weighted by Gasteiger charge is 2.24. The Kier molecular flexibility index (Phi) is 5.79. The molecular formula is C14H25N3O2S2. The Morgan fingerprint density at radius 3 is 2.76 bits per heavy atom. The van der Waals surface area contributed by atoms with E-state index in [1.54, 1.807) is 6.07 Å². The molecule has 1 saturated carbocycles. The van der Waals surface area contributed by atoms with Crippen molar-refractivity contribution in [3.05, 3.63) is 16.3 Å². The van der Waals surface area contributed by atoms with E-state index in [0.29, 0.717) is 17.5 Å². The predicted molar refractivity (Wildman–Crippen MR) is 87.1 cm³/mol. The number of sulfonamides is 1. The van der Waals surface area contributed by atoms with E-state index in [2.05, 4.69) is 14.9 Å². The molecule has 5 nitrogen and oxygen atoms in total. The topological polar surface area (TPSA) is 61.4 Å². The summed E-state index contributed by atoms with van der Waals surface area (Å²) in [7, 11) is 0.555. The number of hydrogen-bond acceptors (Lipinski definition) is 5. The Hall–Kier alpha value is -0.470. The Morgan fingerprint density at radius 1 is 1.43 bits per heavy atom. The fourth-order valence-electron chi connectivity index (χ4n) is 2.06. The van der Waals surface area contributed by atoms with Crippen molar-refractivity contribution in [3.8, 4) is 0 Å². The third-order valence-electron chi connectivity index (χ3n) is 3.49. The number of nitrogens with one attached hydrogen (secondary N) is 2. The van der Waals surface area contributed by atoms with Gasteiger partial charge in [0.2, 0.25) is 10.0 Å². The highest BCUT2D eigenvalue weighted by molar-refractivity contribution is 7.89. The molecule has 0 saturated heterocycles. The summed E-state index contributed by atoms with van der Waals surface area (Å²) in [6, 6.07) is 2.21. The monoisotopic (exact) mass is 331 g/mol. The molecule has 21 heavy (non-hydrogen) atoms. The molecule has 1 aliphatic carbocycles. The van der Waals surface area contributed by atoms with E-state index in [0.717, 1.165) is 17.8 Å². The highest BCUT2D eigenvalue weighted by atomic mass is 32.2. The van der Waals surface area contributed by atoms with Gasteiger partial charge in [-0.25, -0.2) is 13.1 Å². The van der Waals surface area contributed by atoms with E-state index in [1.807, 2.05) is 26.4 Å². The van der Waals surface area contributed by atoms with Crippen LogP contribution in [0.1, 0.15) is 31.1 Å². The molecule has 0 radical (unpaired) electrons. The van der Waals surface area contributed by atoms with Gasteiger partial charge in [-0.1, -0.05) is 0 Å². The Morgan fingerprint density at radius 2 is 2.14 bits per heavy atom. The highest BCUT2D eigenvalue weighted by Crippen LogP contribution is 2.25. The quantitative estimate of drug-likeness (QED) is 0.722. The molecule has 1 fully saturated rings. The van der Waals surface area contributed by atoms with Crippen molar-refractivity contribution in [1.82, 2.24) is 14.9 Å². The third-order valence-corrected chi connectivity index (χ3v) is 6.21. The van der Waals surface area contributed by atoms with Crippen molar-refractivity contribution in [2.45, 2.75) is 49.7 Å². The lowest BCUT2D eigenvalue weighted by molar-refractivity contribution is 0.379. The third kappa shape index (κ3) is 5.34. The molecule has 0 aliphatic heterocycles. The summed E-state index contributed by atoms with van der Waals surface area (Å²) in [6.07, 6.45) is 3.20. The predicted octanol–water partition coefficient (Wildman–Crippen LogP) is 1.62. The van der Waals surface area contributed by atoms with Crippen LogP contribution in [0, 0.1) is 0 Å². The second kappa shape index (κ2) is 7.19. The van der Waals surface area contributed by atoms with E-state index in [-0.39, 0.29) is 6.04 Å². The zero-order valence-corrected chi connectivity index (χ0v) is 14.6. The molecule has 0 amide bonds. The average Bonchev–Trinajstić information content (AvgIpc) is 3.09. The van der Waals surface area contributed by atoms with Crippen LogP contribution in [-0.4, -0.2) is 46.0 Å². The van der Waals surface area contributed by atoms with Crippen molar-refractivity contribution >= 4 is 21.4 Å². The van der Waals surface area contributed by atoms with Gasteiger partial charge < -0.3 is 10.2 Å². The summed E-state index contributed by atoms with van der Waals surface area (Å²) in [5.74, 6) is 0. The Balaban J connectivity index is 1.96. The van der Waals surface area contributed by atoms with Crippen LogP contribution in [-0.2, 0) is 16.6 Å². The molecule has 1 aromatic rings. The first kappa shape index (κ1) is 16.9. The van der Waals surface area contributed by atoms with Gasteiger partial charge >= 0.3 is 0 Å². The van der Waals surface area contributed by atoms with E-state index >= 15 is 0 Å². The second-order valence-corrected chi connectivity index (χ2v) is 8.66. The van der Waals surface area contributed by atoms with Crippen LogP contribution in [0.4, 0.5) is 0 Å². The first-order chi connectivity index (χ1) is 9.88. The smallest absolute Gasteiger partial charge is 0.241 e. The molecule has 1 atom stereocenters. The summed E-state index contributed by atoms with van der Waals surface area (Å²) in [4.78, 5) is 3.38. The second-order valence-electron chi connectivity index (χ2n) is 5.98. The van der Waals surface area contributed by atoms with Crippen LogP contribution in [0.15, 0.2) is 16.3 Å². The maximum atomic E-state index is 12.5. The SMILES string of the molecule is CC(CCN(C)C)NS(=O)(=O)c1ccsc1CNC1CC1. The van der Waals surface area contributed by atoms with E-state index in [1.165, 1.54) is 24.2 Å². The zero-order chi connectivity index (χ0) is 15.5. The van der Waals surface area contributed by atoms with Gasteiger partial charge in [0.15, 0.2) is 0 Å². The summed E-state index contributed by atoms with van der Waals surface area (Å²) in [5, 5.41) is 5.23. The van der Waals surface area contributed by atoms with Gasteiger partial charge in [0.1, 0.15) is 0 Å². The van der Waals surface area contributed by atoms with Crippen LogP contribution in [0.3, 0.4) is 0 Å². The summed E-state index contributed by atoms with van der Waals surface area (Å²) >= 11 is 1.50. The Bertz CT molecular complexity index is 550. The molecule has 120 valence electrons. The van der Waals surface area contributed by atoms with E-state index in [9.17, 15) is 8.42 Å². The van der Waals surface area contributed by atoms with Crippen molar-refractivity contribution in [2.24, 2.45) is 0 Å². The normalized spacial score (nSPS) is 17.3. The van der Waals surface area contributed by atoms with Gasteiger partial charge in [-0.3, -0.25) is 0 Å². The number of hydrogen-bond donors (Lipinski definition) is 2. The largest absolute Gasteiger partial charge is 0.309 e. The van der Waals surface area contributed by atoms with Gasteiger partial charge in [-0.2, -0.15) is 0 Å². The first-order valence-electron chi connectivity index (χ1n) is 7.35. The molecule has 1 aliphatic rings. The number of rotatable bonds is 9. The molecule has 0 bridgehead atoms. The lowest BCUT2D eigenvalue weighted by Crippen LogP contribution is -2.35. The number of thiophene rings is 1. The van der Waals surface area contributed by atoms with Crippen molar-refractivity contribution < 1.29 is 8.42 Å². The average molecular weight is 332 g/mol. The van der Waals surface area contributed by atoms with E-state index in [4.69, 9.17) is 0 Å². The molecule has 2 N–H and O–H groups in total. The van der Waals surface area contributed by atoms with Crippen LogP contribution in [0.5, 0.6) is 0 Å². The summed E-state index contributed by atoms with van der Waals surface area (Å²) in [5.41, 5.74) is 0. The molecule has 0 aromatic carbocycles. The molecule has 1 aromatic heterocycles. The molecule has 2 rings (SSSR count). The lowest BCUT2D eigenvalue weighted by atomic mass is 10.2. The van der Waals surface area contributed by atoms with Gasteiger partial charge in [-0.15, -0.1) is 11.3 Å². The van der Waals surface area contributed by atoms with Crippen molar-refractivity contribution in [3.63, 3.8) is 0 Å².